The SMILES string of the molecule is Cc1c(C(C)NC(=O)C(F)(F)C(F)(F)C(F)(F)F)cnn1C. The van der Waals surface area contributed by atoms with E-state index in [9.17, 15) is 35.5 Å². The Bertz CT molecular complexity index is 565. The highest BCUT2D eigenvalue weighted by atomic mass is 19.4. The lowest BCUT2D eigenvalue weighted by Gasteiger charge is -2.28. The fraction of sp³-hybridized carbons (Fsp3) is 0.636. The molecule has 1 aromatic heterocycles. The number of rotatable bonds is 4. The maximum absolute atomic E-state index is 13.2. The van der Waals surface area contributed by atoms with E-state index in [-0.39, 0.29) is 5.56 Å². The highest BCUT2D eigenvalue weighted by Crippen LogP contribution is 2.46. The molecule has 1 N–H and O–H groups in total. The molecule has 0 spiro atoms. The molecule has 0 aliphatic heterocycles. The van der Waals surface area contributed by atoms with Crippen LogP contribution in [-0.4, -0.2) is 33.7 Å². The van der Waals surface area contributed by atoms with Gasteiger partial charge in [0.25, 0.3) is 5.91 Å². The monoisotopic (exact) mass is 335 g/mol. The third kappa shape index (κ3) is 2.88. The molecule has 1 aromatic rings. The Kier molecular flexibility index (Phi) is 4.50. The number of carbonyl (C=O) groups excluding carboxylic acids is 1. The lowest BCUT2D eigenvalue weighted by Crippen LogP contribution is -2.59. The number of halogens is 7. The summed E-state index contributed by atoms with van der Waals surface area (Å²) in [4.78, 5) is 11.2. The first-order chi connectivity index (χ1) is 9.73. The second-order valence-electron chi connectivity index (χ2n) is 4.65. The Labute approximate surface area is 120 Å². The Morgan fingerprint density at radius 3 is 2.09 bits per heavy atom. The number of aryl methyl sites for hydroxylation is 1. The summed E-state index contributed by atoms with van der Waals surface area (Å²) in [6.07, 6.45) is -5.37. The molecule has 22 heavy (non-hydrogen) atoms. The van der Waals surface area contributed by atoms with Crippen LogP contribution in [0.4, 0.5) is 30.7 Å². The fourth-order valence-electron chi connectivity index (χ4n) is 1.63. The Balaban J connectivity index is 2.99. The largest absolute Gasteiger partial charge is 0.460 e. The van der Waals surface area contributed by atoms with Crippen LogP contribution < -0.4 is 5.32 Å². The van der Waals surface area contributed by atoms with Gasteiger partial charge in [-0.1, -0.05) is 0 Å². The molecule has 0 aliphatic carbocycles. The average Bonchev–Trinajstić information content (AvgIpc) is 2.68. The first kappa shape index (κ1) is 18.2. The summed E-state index contributed by atoms with van der Waals surface area (Å²) in [6, 6.07) is -1.23. The van der Waals surface area contributed by atoms with E-state index in [1.807, 2.05) is 0 Å². The lowest BCUT2D eigenvalue weighted by atomic mass is 10.1. The molecule has 0 aliphatic rings. The molecular formula is C11H12F7N3O. The van der Waals surface area contributed by atoms with Crippen LogP contribution in [0.2, 0.25) is 0 Å². The van der Waals surface area contributed by atoms with Crippen LogP contribution in [0.1, 0.15) is 24.2 Å². The molecule has 0 bridgehead atoms. The van der Waals surface area contributed by atoms with Gasteiger partial charge in [-0.05, 0) is 13.8 Å². The zero-order valence-electron chi connectivity index (χ0n) is 11.6. The first-order valence-electron chi connectivity index (χ1n) is 5.85. The van der Waals surface area contributed by atoms with Crippen LogP contribution in [0.5, 0.6) is 0 Å². The van der Waals surface area contributed by atoms with Crippen LogP contribution in [0.3, 0.4) is 0 Å². The van der Waals surface area contributed by atoms with Crippen LogP contribution in [0, 0.1) is 6.92 Å². The molecule has 0 saturated carbocycles. The van der Waals surface area contributed by atoms with Gasteiger partial charge in [-0.2, -0.15) is 35.8 Å². The Morgan fingerprint density at radius 1 is 1.23 bits per heavy atom. The molecule has 4 nitrogen and oxygen atoms in total. The van der Waals surface area contributed by atoms with Gasteiger partial charge in [0, 0.05) is 18.3 Å². The summed E-state index contributed by atoms with van der Waals surface area (Å²) in [5.41, 5.74) is 0.640. The standard InChI is InChI=1S/C11H12F7N3O/c1-5(7-4-19-21(3)6(7)2)20-8(22)9(12,13)10(14,15)11(16,17)18/h4-5H,1-3H3,(H,20,22). The van der Waals surface area contributed by atoms with E-state index in [0.717, 1.165) is 6.92 Å². The number of nitrogens with one attached hydrogen (secondary N) is 1. The van der Waals surface area contributed by atoms with Crippen molar-refractivity contribution in [1.82, 2.24) is 15.1 Å². The first-order valence-corrected chi connectivity index (χ1v) is 5.85. The highest BCUT2D eigenvalue weighted by molar-refractivity contribution is 5.85. The minimum atomic E-state index is -6.55. The van der Waals surface area contributed by atoms with E-state index in [1.165, 1.54) is 30.2 Å². The van der Waals surface area contributed by atoms with Crippen LogP contribution in [0.25, 0.3) is 0 Å². The predicted octanol–water partition coefficient (Wildman–Crippen LogP) is 2.74. The van der Waals surface area contributed by atoms with Crippen molar-refractivity contribution in [3.8, 4) is 0 Å². The summed E-state index contributed by atoms with van der Waals surface area (Å²) in [7, 11) is 1.50. The number of carbonyl (C=O) groups is 1. The molecule has 1 amide bonds. The van der Waals surface area contributed by atoms with E-state index in [2.05, 4.69) is 5.10 Å². The Hall–Kier alpha value is -1.81. The third-order valence-corrected chi connectivity index (χ3v) is 3.12. The molecule has 126 valence electrons. The zero-order valence-corrected chi connectivity index (χ0v) is 11.6. The molecule has 0 saturated heterocycles. The summed E-state index contributed by atoms with van der Waals surface area (Å²) in [6.45, 7) is 2.66. The van der Waals surface area contributed by atoms with Gasteiger partial charge >= 0.3 is 18.0 Å². The van der Waals surface area contributed by atoms with E-state index in [1.54, 1.807) is 0 Å². The van der Waals surface area contributed by atoms with E-state index < -0.39 is 30.0 Å². The summed E-state index contributed by atoms with van der Waals surface area (Å²) >= 11 is 0. The zero-order chi connectivity index (χ0) is 17.5. The average molecular weight is 335 g/mol. The van der Waals surface area contributed by atoms with Crippen molar-refractivity contribution in [1.29, 1.82) is 0 Å². The number of hydrogen-bond acceptors (Lipinski definition) is 2. The molecular weight excluding hydrogens is 323 g/mol. The van der Waals surface area contributed by atoms with Crippen molar-refractivity contribution >= 4 is 5.91 Å². The van der Waals surface area contributed by atoms with Gasteiger partial charge in [0.1, 0.15) is 0 Å². The smallest absolute Gasteiger partial charge is 0.344 e. The molecule has 1 heterocycles. The van der Waals surface area contributed by atoms with Crippen molar-refractivity contribution < 1.29 is 35.5 Å². The molecule has 11 heteroatoms. The Morgan fingerprint density at radius 2 is 1.73 bits per heavy atom. The van der Waals surface area contributed by atoms with Crippen LogP contribution in [0.15, 0.2) is 6.20 Å². The van der Waals surface area contributed by atoms with E-state index >= 15 is 0 Å². The van der Waals surface area contributed by atoms with Crippen molar-refractivity contribution in [2.24, 2.45) is 7.05 Å². The van der Waals surface area contributed by atoms with Crippen LogP contribution >= 0.6 is 0 Å². The number of hydrogen-bond donors (Lipinski definition) is 1. The van der Waals surface area contributed by atoms with Crippen molar-refractivity contribution in [3.63, 3.8) is 0 Å². The number of nitrogens with zero attached hydrogens (tertiary/aromatic N) is 2. The maximum Gasteiger partial charge on any atom is 0.460 e. The van der Waals surface area contributed by atoms with E-state index in [4.69, 9.17) is 0 Å². The van der Waals surface area contributed by atoms with Crippen molar-refractivity contribution in [3.05, 3.63) is 17.5 Å². The van der Waals surface area contributed by atoms with Gasteiger partial charge in [-0.25, -0.2) is 0 Å². The van der Waals surface area contributed by atoms with Gasteiger partial charge in [0.2, 0.25) is 0 Å². The predicted molar refractivity (Wildman–Crippen MR) is 60.5 cm³/mol. The number of amides is 1. The highest BCUT2D eigenvalue weighted by Gasteiger charge is 2.76. The number of alkyl halides is 7. The normalized spacial score (nSPS) is 14.8. The lowest BCUT2D eigenvalue weighted by molar-refractivity contribution is -0.344. The van der Waals surface area contributed by atoms with Gasteiger partial charge in [0.05, 0.1) is 12.2 Å². The summed E-state index contributed by atoms with van der Waals surface area (Å²) in [5, 5.41) is 5.19. The van der Waals surface area contributed by atoms with Gasteiger partial charge in [-0.3, -0.25) is 9.48 Å². The van der Waals surface area contributed by atoms with E-state index in [0.29, 0.717) is 5.69 Å². The van der Waals surface area contributed by atoms with Crippen LogP contribution in [-0.2, 0) is 11.8 Å². The van der Waals surface area contributed by atoms with Crippen molar-refractivity contribution in [2.45, 2.75) is 37.9 Å². The minimum Gasteiger partial charge on any atom is -0.344 e. The topological polar surface area (TPSA) is 46.9 Å². The number of aromatic nitrogens is 2. The maximum atomic E-state index is 13.2. The molecule has 0 radical (unpaired) electrons. The van der Waals surface area contributed by atoms with Gasteiger partial charge in [-0.15, -0.1) is 0 Å². The fourth-order valence-corrected chi connectivity index (χ4v) is 1.63. The second-order valence-corrected chi connectivity index (χ2v) is 4.65. The third-order valence-electron chi connectivity index (χ3n) is 3.12. The summed E-state index contributed by atoms with van der Waals surface area (Å²) in [5.74, 6) is -15.1. The second kappa shape index (κ2) is 5.43. The minimum absolute atomic E-state index is 0.210. The quantitative estimate of drug-likeness (QED) is 0.860. The molecule has 1 unspecified atom stereocenters. The summed E-state index contributed by atoms with van der Waals surface area (Å²) < 4.78 is 89.1. The molecule has 1 atom stereocenters. The molecule has 0 aromatic carbocycles. The van der Waals surface area contributed by atoms with Gasteiger partial charge < -0.3 is 5.32 Å². The molecule has 0 fully saturated rings. The van der Waals surface area contributed by atoms with Gasteiger partial charge in [0.15, 0.2) is 0 Å². The molecule has 1 rings (SSSR count). The van der Waals surface area contributed by atoms with Crippen molar-refractivity contribution in [2.75, 3.05) is 0 Å².